The van der Waals surface area contributed by atoms with Gasteiger partial charge in [-0.15, -0.1) is 0 Å². The maximum absolute atomic E-state index is 14.4. The number of aromatic nitrogens is 2. The zero-order valence-corrected chi connectivity index (χ0v) is 28.0. The lowest BCUT2D eigenvalue weighted by Gasteiger charge is -2.41. The molecule has 1 saturated heterocycles. The molecule has 2 aromatic carbocycles. The average Bonchev–Trinajstić information content (AvgIpc) is 3.19. The minimum Gasteiger partial charge on any atom is -0.465 e. The molecule has 250 valence electrons. The van der Waals surface area contributed by atoms with E-state index >= 15 is 0 Å². The molecule has 0 saturated carbocycles. The molecule has 2 aliphatic heterocycles. The molecule has 0 bridgehead atoms. The lowest BCUT2D eigenvalue weighted by atomic mass is 9.85. The Balaban J connectivity index is 1.45. The highest BCUT2D eigenvalue weighted by Crippen LogP contribution is 2.35. The van der Waals surface area contributed by atoms with E-state index in [1.807, 2.05) is 49.9 Å². The normalized spacial score (nSPS) is 16.2. The SMILES string of the molecule is CC(C)(C)C(C(=O)N1CCC(N2CCc3ccccc3NC2=O)CC1)n1cc(-c2cccc(Cl)c2Cl)c(=O)n(CCNC(=O)O)c1=O. The first-order chi connectivity index (χ1) is 22.3. The zero-order valence-electron chi connectivity index (χ0n) is 26.5. The molecule has 12 nitrogen and oxygen atoms in total. The Morgan fingerprint density at radius 3 is 2.38 bits per heavy atom. The second-order valence-electron chi connectivity index (χ2n) is 12.9. The highest BCUT2D eigenvalue weighted by Gasteiger charge is 2.40. The van der Waals surface area contributed by atoms with Gasteiger partial charge in [-0.3, -0.25) is 18.7 Å². The van der Waals surface area contributed by atoms with E-state index in [0.29, 0.717) is 32.5 Å². The number of likely N-dealkylation sites (tertiary alicyclic amines) is 1. The quantitative estimate of drug-likeness (QED) is 0.322. The minimum atomic E-state index is -1.30. The van der Waals surface area contributed by atoms with Gasteiger partial charge in [0.05, 0.1) is 15.6 Å². The molecule has 1 aromatic heterocycles. The maximum atomic E-state index is 14.4. The van der Waals surface area contributed by atoms with Crippen LogP contribution in [0.2, 0.25) is 10.0 Å². The Kier molecular flexibility index (Phi) is 10.0. The molecule has 0 aliphatic carbocycles. The van der Waals surface area contributed by atoms with Crippen molar-refractivity contribution in [2.75, 3.05) is 31.5 Å². The summed E-state index contributed by atoms with van der Waals surface area (Å²) in [6, 6.07) is 11.3. The second-order valence-corrected chi connectivity index (χ2v) is 13.7. The van der Waals surface area contributed by atoms with Crippen LogP contribution in [-0.2, 0) is 17.8 Å². The molecule has 0 radical (unpaired) electrons. The number of anilines is 1. The minimum absolute atomic E-state index is 0.0429. The second kappa shape index (κ2) is 13.8. The number of fused-ring (bicyclic) bond motifs is 1. The van der Waals surface area contributed by atoms with Crippen molar-refractivity contribution in [3.8, 4) is 11.1 Å². The summed E-state index contributed by atoms with van der Waals surface area (Å²) in [5.74, 6) is -0.303. The number of carboxylic acid groups (broad SMARTS) is 1. The molecular formula is C33H38Cl2N6O6. The molecule has 5 rings (SSSR count). The van der Waals surface area contributed by atoms with Crippen LogP contribution in [0.15, 0.2) is 58.3 Å². The number of urea groups is 1. The fourth-order valence-electron chi connectivity index (χ4n) is 6.39. The van der Waals surface area contributed by atoms with Gasteiger partial charge in [0, 0.05) is 56.2 Å². The molecule has 3 aromatic rings. The van der Waals surface area contributed by atoms with Crippen molar-refractivity contribution in [3.05, 3.63) is 85.1 Å². The third kappa shape index (κ3) is 7.18. The predicted molar refractivity (Wildman–Crippen MR) is 180 cm³/mol. The monoisotopic (exact) mass is 684 g/mol. The van der Waals surface area contributed by atoms with Gasteiger partial charge in [0.25, 0.3) is 5.56 Å². The Labute approximate surface area is 281 Å². The first-order valence-corrected chi connectivity index (χ1v) is 16.2. The van der Waals surface area contributed by atoms with Gasteiger partial charge in [-0.25, -0.2) is 14.4 Å². The fraction of sp³-hybridized carbons (Fsp3) is 0.424. The molecule has 0 spiro atoms. The molecule has 1 fully saturated rings. The van der Waals surface area contributed by atoms with Crippen molar-refractivity contribution >= 4 is 46.9 Å². The number of benzene rings is 2. The molecule has 3 N–H and O–H groups in total. The molecule has 47 heavy (non-hydrogen) atoms. The Morgan fingerprint density at radius 2 is 1.70 bits per heavy atom. The predicted octanol–water partition coefficient (Wildman–Crippen LogP) is 4.92. The highest BCUT2D eigenvalue weighted by atomic mass is 35.5. The van der Waals surface area contributed by atoms with Crippen LogP contribution in [0.4, 0.5) is 15.3 Å². The van der Waals surface area contributed by atoms with Crippen LogP contribution in [0.25, 0.3) is 11.1 Å². The number of para-hydroxylation sites is 1. The number of carbonyl (C=O) groups excluding carboxylic acids is 2. The zero-order chi connectivity index (χ0) is 34.0. The van der Waals surface area contributed by atoms with E-state index in [1.165, 1.54) is 10.8 Å². The number of hydrogen-bond donors (Lipinski definition) is 3. The largest absolute Gasteiger partial charge is 0.465 e. The summed E-state index contributed by atoms with van der Waals surface area (Å²) in [5.41, 5.74) is -0.0319. The summed E-state index contributed by atoms with van der Waals surface area (Å²) in [7, 11) is 0. The van der Waals surface area contributed by atoms with Gasteiger partial charge < -0.3 is 25.5 Å². The summed E-state index contributed by atoms with van der Waals surface area (Å²) in [6.07, 6.45) is 1.89. The smallest absolute Gasteiger partial charge is 0.404 e. The first-order valence-electron chi connectivity index (χ1n) is 15.5. The summed E-state index contributed by atoms with van der Waals surface area (Å²) >= 11 is 12.8. The summed E-state index contributed by atoms with van der Waals surface area (Å²) < 4.78 is 2.17. The lowest BCUT2D eigenvalue weighted by Crippen LogP contribution is -2.54. The van der Waals surface area contributed by atoms with Crippen molar-refractivity contribution in [2.45, 2.75) is 58.7 Å². The van der Waals surface area contributed by atoms with Crippen LogP contribution in [-0.4, -0.2) is 74.3 Å². The van der Waals surface area contributed by atoms with Crippen molar-refractivity contribution in [1.82, 2.24) is 24.3 Å². The maximum Gasteiger partial charge on any atom is 0.404 e. The first kappa shape index (κ1) is 34.1. The summed E-state index contributed by atoms with van der Waals surface area (Å²) in [5, 5.41) is 14.6. The number of hydrogen-bond acceptors (Lipinski definition) is 5. The molecule has 2 aliphatic rings. The van der Waals surface area contributed by atoms with E-state index in [4.69, 9.17) is 28.3 Å². The molecule has 3 heterocycles. The van der Waals surface area contributed by atoms with Gasteiger partial charge in [0.15, 0.2) is 0 Å². The van der Waals surface area contributed by atoms with E-state index in [1.54, 1.807) is 23.1 Å². The van der Waals surface area contributed by atoms with Crippen LogP contribution >= 0.6 is 23.2 Å². The third-order valence-corrected chi connectivity index (χ3v) is 9.56. The van der Waals surface area contributed by atoms with E-state index in [2.05, 4.69) is 10.6 Å². The number of piperidine rings is 1. The van der Waals surface area contributed by atoms with Crippen LogP contribution < -0.4 is 21.9 Å². The Hall–Kier alpha value is -4.29. The Bertz CT molecular complexity index is 1810. The number of nitrogens with one attached hydrogen (secondary N) is 2. The van der Waals surface area contributed by atoms with E-state index in [0.717, 1.165) is 22.2 Å². The van der Waals surface area contributed by atoms with Crippen LogP contribution in [0.1, 0.15) is 45.2 Å². The van der Waals surface area contributed by atoms with Crippen molar-refractivity contribution in [2.24, 2.45) is 5.41 Å². The topological polar surface area (TPSA) is 146 Å². The van der Waals surface area contributed by atoms with E-state index in [-0.39, 0.29) is 52.2 Å². The van der Waals surface area contributed by atoms with Crippen molar-refractivity contribution < 1.29 is 19.5 Å². The van der Waals surface area contributed by atoms with Crippen molar-refractivity contribution in [3.63, 3.8) is 0 Å². The van der Waals surface area contributed by atoms with Crippen LogP contribution in [0, 0.1) is 5.41 Å². The van der Waals surface area contributed by atoms with Gasteiger partial charge in [-0.05, 0) is 42.4 Å². The molecule has 4 amide bonds. The molecular weight excluding hydrogens is 647 g/mol. The number of halogens is 2. The highest BCUT2D eigenvalue weighted by molar-refractivity contribution is 6.43. The molecule has 1 atom stereocenters. The van der Waals surface area contributed by atoms with Gasteiger partial charge >= 0.3 is 17.8 Å². The number of nitrogens with zero attached hydrogens (tertiary/aromatic N) is 4. The number of amides is 4. The third-order valence-electron chi connectivity index (χ3n) is 8.74. The van der Waals surface area contributed by atoms with Gasteiger partial charge in [0.1, 0.15) is 6.04 Å². The standard InChI is InChI=1S/C33H38Cl2N6O6/c1-33(2,3)27(29(43)38-15-12-21(13-16-38)39-17-11-20-7-4-5-10-25(20)37-30(39)44)41-19-23(22-8-6-9-24(34)26(22)35)28(42)40(32(41)47)18-14-36-31(45)46/h4-10,19,21,27,36H,11-18H2,1-3H3,(H,37,44)(H,45,46). The van der Waals surface area contributed by atoms with Crippen LogP contribution in [0.3, 0.4) is 0 Å². The van der Waals surface area contributed by atoms with E-state index < -0.39 is 28.8 Å². The Morgan fingerprint density at radius 1 is 1.00 bits per heavy atom. The van der Waals surface area contributed by atoms with Crippen LogP contribution in [0.5, 0.6) is 0 Å². The number of carbonyl (C=O) groups is 3. The lowest BCUT2D eigenvalue weighted by molar-refractivity contribution is -0.139. The van der Waals surface area contributed by atoms with Crippen molar-refractivity contribution in [1.29, 1.82) is 0 Å². The fourth-order valence-corrected chi connectivity index (χ4v) is 6.79. The van der Waals surface area contributed by atoms with Gasteiger partial charge in [-0.2, -0.15) is 0 Å². The number of rotatable bonds is 7. The van der Waals surface area contributed by atoms with Gasteiger partial charge in [0.2, 0.25) is 5.91 Å². The van der Waals surface area contributed by atoms with Gasteiger partial charge in [-0.1, -0.05) is 74.3 Å². The van der Waals surface area contributed by atoms with E-state index in [9.17, 15) is 24.0 Å². The molecule has 14 heteroatoms. The molecule has 1 unspecified atom stereocenters. The summed E-state index contributed by atoms with van der Waals surface area (Å²) in [4.78, 5) is 69.8. The summed E-state index contributed by atoms with van der Waals surface area (Å²) in [6.45, 7) is 6.33. The average molecular weight is 686 g/mol.